The van der Waals surface area contributed by atoms with E-state index in [9.17, 15) is 28.0 Å². The van der Waals surface area contributed by atoms with E-state index in [4.69, 9.17) is 9.84 Å². The summed E-state index contributed by atoms with van der Waals surface area (Å²) >= 11 is 0. The van der Waals surface area contributed by atoms with Gasteiger partial charge in [-0.05, 0) is 42.8 Å². The number of carboxylic acids is 1. The minimum Gasteiger partial charge on any atom is -0.474 e. The van der Waals surface area contributed by atoms with Crippen molar-refractivity contribution in [1.82, 2.24) is 5.06 Å². The van der Waals surface area contributed by atoms with Crippen LogP contribution in [0.25, 0.3) is 6.08 Å². The first kappa shape index (κ1) is 21.0. The number of benzene rings is 2. The van der Waals surface area contributed by atoms with Gasteiger partial charge >= 0.3 is 18.1 Å². The van der Waals surface area contributed by atoms with Gasteiger partial charge in [-0.25, -0.2) is 9.86 Å². The number of aliphatic carboxylic acids is 1. The number of ether oxygens (including phenoxy) is 1. The van der Waals surface area contributed by atoms with Gasteiger partial charge in [0.15, 0.2) is 0 Å². The number of carbonyl (C=O) groups excluding carboxylic acids is 1. The summed E-state index contributed by atoms with van der Waals surface area (Å²) in [6.07, 6.45) is -1.60. The van der Waals surface area contributed by atoms with E-state index in [0.717, 1.165) is 12.1 Å². The molecule has 0 fully saturated rings. The lowest BCUT2D eigenvalue weighted by molar-refractivity contribution is -0.181. The van der Waals surface area contributed by atoms with Gasteiger partial charge in [-0.15, -0.1) is 0 Å². The Morgan fingerprint density at radius 2 is 1.71 bits per heavy atom. The average Bonchev–Trinajstić information content (AvgIpc) is 2.64. The van der Waals surface area contributed by atoms with Crippen molar-refractivity contribution in [3.05, 3.63) is 65.7 Å². The molecule has 0 spiro atoms. The standard InChI is InChI=1S/C19H16F3NO5/c1-12(23(27)17(24)18(25)26)8-9-13-4-2-6-15(10-13)28-16-7-3-5-14(11-16)19(20,21)22/h2-12,27H,1H3,(H,25,26). The second-order valence-corrected chi connectivity index (χ2v) is 5.75. The van der Waals surface area contributed by atoms with E-state index in [-0.39, 0.29) is 16.6 Å². The molecule has 0 radical (unpaired) electrons. The molecule has 2 N–H and O–H groups in total. The number of hydroxylamine groups is 2. The lowest BCUT2D eigenvalue weighted by atomic mass is 10.1. The summed E-state index contributed by atoms with van der Waals surface area (Å²) < 4.78 is 43.8. The van der Waals surface area contributed by atoms with Crippen LogP contribution in [0.4, 0.5) is 13.2 Å². The summed E-state index contributed by atoms with van der Waals surface area (Å²) in [5.74, 6) is -2.98. The van der Waals surface area contributed by atoms with Gasteiger partial charge in [0, 0.05) is 0 Å². The number of hydrogen-bond acceptors (Lipinski definition) is 4. The van der Waals surface area contributed by atoms with Crippen LogP contribution < -0.4 is 4.74 Å². The van der Waals surface area contributed by atoms with Gasteiger partial charge in [0.25, 0.3) is 0 Å². The Labute approximate surface area is 158 Å². The first-order valence-corrected chi connectivity index (χ1v) is 7.96. The molecular weight excluding hydrogens is 379 g/mol. The summed E-state index contributed by atoms with van der Waals surface area (Å²) in [6, 6.07) is 9.86. The molecule has 0 saturated heterocycles. The first-order chi connectivity index (χ1) is 13.1. The molecular formula is C19H16F3NO5. The van der Waals surface area contributed by atoms with Gasteiger partial charge in [-0.2, -0.15) is 13.2 Å². The van der Waals surface area contributed by atoms with Crippen LogP contribution in [0, 0.1) is 0 Å². The van der Waals surface area contributed by atoms with Crippen molar-refractivity contribution in [3.8, 4) is 11.5 Å². The third-order valence-corrected chi connectivity index (χ3v) is 3.60. The van der Waals surface area contributed by atoms with Crippen LogP contribution in [0.1, 0.15) is 18.1 Å². The summed E-state index contributed by atoms with van der Waals surface area (Å²) in [4.78, 5) is 21.8. The predicted octanol–water partition coefficient (Wildman–Crippen LogP) is 4.20. The number of nitrogens with zero attached hydrogens (tertiary/aromatic N) is 1. The Hall–Kier alpha value is -3.33. The number of hydrogen-bond donors (Lipinski definition) is 2. The minimum absolute atomic E-state index is 0.0120. The van der Waals surface area contributed by atoms with Crippen LogP contribution in [-0.4, -0.2) is 33.3 Å². The molecule has 1 amide bonds. The lowest BCUT2D eigenvalue weighted by Gasteiger charge is -2.17. The number of rotatable bonds is 5. The van der Waals surface area contributed by atoms with Gasteiger partial charge in [-0.3, -0.25) is 10.0 Å². The number of halogens is 3. The van der Waals surface area contributed by atoms with E-state index in [2.05, 4.69) is 0 Å². The SMILES string of the molecule is CC(C=Cc1cccc(Oc2cccc(C(F)(F)F)c2)c1)N(O)C(=O)C(=O)O. The number of carbonyl (C=O) groups is 2. The maximum atomic E-state index is 12.8. The van der Waals surface area contributed by atoms with E-state index in [0.29, 0.717) is 5.56 Å². The zero-order valence-corrected chi connectivity index (χ0v) is 14.6. The number of amides is 1. The van der Waals surface area contributed by atoms with E-state index in [1.165, 1.54) is 37.3 Å². The molecule has 0 aromatic heterocycles. The first-order valence-electron chi connectivity index (χ1n) is 7.96. The summed E-state index contributed by atoms with van der Waals surface area (Å²) in [5.41, 5.74) is -0.270. The molecule has 2 aromatic rings. The predicted molar refractivity (Wildman–Crippen MR) is 92.7 cm³/mol. The molecule has 0 heterocycles. The average molecular weight is 395 g/mol. The second kappa shape index (κ2) is 8.57. The van der Waals surface area contributed by atoms with Crippen molar-refractivity contribution in [2.24, 2.45) is 0 Å². The highest BCUT2D eigenvalue weighted by Gasteiger charge is 2.30. The third-order valence-electron chi connectivity index (χ3n) is 3.60. The molecule has 0 saturated carbocycles. The lowest BCUT2D eigenvalue weighted by Crippen LogP contribution is -2.39. The van der Waals surface area contributed by atoms with E-state index >= 15 is 0 Å². The van der Waals surface area contributed by atoms with Gasteiger partial charge in [-0.1, -0.05) is 30.4 Å². The van der Waals surface area contributed by atoms with Crippen molar-refractivity contribution in [2.45, 2.75) is 19.1 Å². The Morgan fingerprint density at radius 1 is 1.11 bits per heavy atom. The molecule has 148 valence electrons. The van der Waals surface area contributed by atoms with Crippen molar-refractivity contribution in [1.29, 1.82) is 0 Å². The Bertz CT molecular complexity index is 895. The van der Waals surface area contributed by atoms with E-state index in [1.807, 2.05) is 0 Å². The van der Waals surface area contributed by atoms with Crippen LogP contribution in [0.15, 0.2) is 54.6 Å². The monoisotopic (exact) mass is 395 g/mol. The number of carboxylic acid groups (broad SMARTS) is 1. The molecule has 2 aromatic carbocycles. The van der Waals surface area contributed by atoms with Gasteiger partial charge < -0.3 is 9.84 Å². The molecule has 0 aliphatic heterocycles. The molecule has 28 heavy (non-hydrogen) atoms. The largest absolute Gasteiger partial charge is 0.474 e. The Balaban J connectivity index is 2.12. The second-order valence-electron chi connectivity index (χ2n) is 5.75. The van der Waals surface area contributed by atoms with Crippen molar-refractivity contribution in [2.75, 3.05) is 0 Å². The van der Waals surface area contributed by atoms with Crippen molar-refractivity contribution in [3.63, 3.8) is 0 Å². The summed E-state index contributed by atoms with van der Waals surface area (Å²) in [6.45, 7) is 1.40. The summed E-state index contributed by atoms with van der Waals surface area (Å²) in [5, 5.41) is 18.2. The fourth-order valence-corrected chi connectivity index (χ4v) is 2.17. The molecule has 9 heteroatoms. The smallest absolute Gasteiger partial charge is 0.416 e. The highest BCUT2D eigenvalue weighted by atomic mass is 19.4. The quantitative estimate of drug-likeness (QED) is 0.450. The fraction of sp³-hybridized carbons (Fsp3) is 0.158. The van der Waals surface area contributed by atoms with Crippen LogP contribution in [0.2, 0.25) is 0 Å². The van der Waals surface area contributed by atoms with E-state index < -0.39 is 29.7 Å². The Morgan fingerprint density at radius 3 is 2.32 bits per heavy atom. The highest BCUT2D eigenvalue weighted by molar-refractivity contribution is 6.31. The zero-order chi connectivity index (χ0) is 20.9. The minimum atomic E-state index is -4.48. The van der Waals surface area contributed by atoms with Crippen LogP contribution in [0.3, 0.4) is 0 Å². The molecule has 1 atom stereocenters. The van der Waals surface area contributed by atoms with Gasteiger partial charge in [0.1, 0.15) is 11.5 Å². The third kappa shape index (κ3) is 5.58. The zero-order valence-electron chi connectivity index (χ0n) is 14.6. The molecule has 0 bridgehead atoms. The van der Waals surface area contributed by atoms with Crippen molar-refractivity contribution < 1.29 is 37.8 Å². The highest BCUT2D eigenvalue weighted by Crippen LogP contribution is 2.32. The van der Waals surface area contributed by atoms with Crippen LogP contribution in [0.5, 0.6) is 11.5 Å². The maximum absolute atomic E-state index is 12.8. The van der Waals surface area contributed by atoms with Crippen LogP contribution in [-0.2, 0) is 15.8 Å². The van der Waals surface area contributed by atoms with Gasteiger partial charge in [0.2, 0.25) is 0 Å². The Kier molecular flexibility index (Phi) is 6.42. The van der Waals surface area contributed by atoms with Crippen LogP contribution >= 0.6 is 0 Å². The molecule has 2 rings (SSSR count). The molecule has 1 unspecified atom stereocenters. The molecule has 6 nitrogen and oxygen atoms in total. The maximum Gasteiger partial charge on any atom is 0.416 e. The topological polar surface area (TPSA) is 87.1 Å². The normalized spacial score (nSPS) is 12.6. The molecule has 0 aliphatic carbocycles. The summed E-state index contributed by atoms with van der Waals surface area (Å²) in [7, 11) is 0. The fourth-order valence-electron chi connectivity index (χ4n) is 2.17. The van der Waals surface area contributed by atoms with Crippen molar-refractivity contribution >= 4 is 18.0 Å². The molecule has 0 aliphatic rings. The van der Waals surface area contributed by atoms with E-state index in [1.54, 1.807) is 18.2 Å². The number of alkyl halides is 3. The van der Waals surface area contributed by atoms with Gasteiger partial charge in [0.05, 0.1) is 11.6 Å².